The standard InChI is InChI=1S/C5H9FS/c6-4-5-2-1-3-7-5/h5H,1-4H2. The molecule has 0 saturated carbocycles. The first-order valence-corrected chi connectivity index (χ1v) is 3.66. The van der Waals surface area contributed by atoms with Crippen LogP contribution in [-0.4, -0.2) is 17.7 Å². The highest BCUT2D eigenvalue weighted by molar-refractivity contribution is 8.00. The minimum Gasteiger partial charge on any atom is -0.250 e. The minimum atomic E-state index is -0.120. The lowest BCUT2D eigenvalue weighted by Crippen LogP contribution is -1.96. The SMILES string of the molecule is FCC1CCCS1. The number of hydrogen-bond donors (Lipinski definition) is 0. The minimum absolute atomic E-state index is 0.120. The highest BCUT2D eigenvalue weighted by Crippen LogP contribution is 2.25. The number of alkyl halides is 1. The van der Waals surface area contributed by atoms with Gasteiger partial charge in [0.15, 0.2) is 0 Å². The van der Waals surface area contributed by atoms with E-state index >= 15 is 0 Å². The molecule has 0 amide bonds. The normalized spacial score (nSPS) is 31.3. The molecule has 0 spiro atoms. The molecule has 1 heterocycles. The summed E-state index contributed by atoms with van der Waals surface area (Å²) in [4.78, 5) is 0. The van der Waals surface area contributed by atoms with Crippen LogP contribution < -0.4 is 0 Å². The van der Waals surface area contributed by atoms with Gasteiger partial charge in [-0.1, -0.05) is 0 Å². The maximum absolute atomic E-state index is 11.7. The lowest BCUT2D eigenvalue weighted by molar-refractivity contribution is 0.477. The number of halogens is 1. The number of rotatable bonds is 1. The molecule has 1 aliphatic rings. The maximum atomic E-state index is 11.7. The fourth-order valence-electron chi connectivity index (χ4n) is 0.766. The quantitative estimate of drug-likeness (QED) is 0.509. The first-order valence-electron chi connectivity index (χ1n) is 2.61. The Morgan fingerprint density at radius 1 is 1.71 bits per heavy atom. The van der Waals surface area contributed by atoms with Crippen molar-refractivity contribution in [2.24, 2.45) is 0 Å². The third-order valence-corrected chi connectivity index (χ3v) is 2.55. The van der Waals surface area contributed by atoms with Crippen LogP contribution in [0.4, 0.5) is 4.39 Å². The van der Waals surface area contributed by atoms with Crippen LogP contribution in [0.15, 0.2) is 0 Å². The Morgan fingerprint density at radius 2 is 2.57 bits per heavy atom. The Morgan fingerprint density at radius 3 is 2.86 bits per heavy atom. The number of thioether (sulfide) groups is 1. The van der Waals surface area contributed by atoms with E-state index in [2.05, 4.69) is 0 Å². The molecule has 1 saturated heterocycles. The highest BCUT2D eigenvalue weighted by atomic mass is 32.2. The molecule has 0 aromatic heterocycles. The van der Waals surface area contributed by atoms with Crippen molar-refractivity contribution in [3.05, 3.63) is 0 Å². The summed E-state index contributed by atoms with van der Waals surface area (Å²) in [6.07, 6.45) is 2.32. The smallest absolute Gasteiger partial charge is 0.101 e. The van der Waals surface area contributed by atoms with Crippen LogP contribution in [0, 0.1) is 0 Å². The van der Waals surface area contributed by atoms with Crippen LogP contribution in [0.2, 0.25) is 0 Å². The lowest BCUT2D eigenvalue weighted by atomic mass is 10.3. The van der Waals surface area contributed by atoms with E-state index in [1.165, 1.54) is 12.2 Å². The van der Waals surface area contributed by atoms with E-state index in [0.717, 1.165) is 6.42 Å². The summed E-state index contributed by atoms with van der Waals surface area (Å²) in [6, 6.07) is 0. The molecule has 0 nitrogen and oxygen atoms in total. The van der Waals surface area contributed by atoms with Crippen LogP contribution in [0.3, 0.4) is 0 Å². The molecule has 1 aliphatic heterocycles. The molecule has 0 bridgehead atoms. The van der Waals surface area contributed by atoms with Crippen molar-refractivity contribution in [3.8, 4) is 0 Å². The molecule has 0 radical (unpaired) electrons. The van der Waals surface area contributed by atoms with Gasteiger partial charge in [0.1, 0.15) is 6.67 Å². The van der Waals surface area contributed by atoms with Crippen LogP contribution in [0.1, 0.15) is 12.8 Å². The average molecular weight is 120 g/mol. The molecule has 1 atom stereocenters. The lowest BCUT2D eigenvalue weighted by Gasteiger charge is -1.96. The van der Waals surface area contributed by atoms with Crippen molar-refractivity contribution in [1.29, 1.82) is 0 Å². The van der Waals surface area contributed by atoms with E-state index in [4.69, 9.17) is 0 Å². The topological polar surface area (TPSA) is 0 Å². The van der Waals surface area contributed by atoms with Crippen molar-refractivity contribution in [3.63, 3.8) is 0 Å². The Kier molecular flexibility index (Phi) is 1.98. The van der Waals surface area contributed by atoms with Crippen LogP contribution in [0.25, 0.3) is 0 Å². The van der Waals surface area contributed by atoms with Gasteiger partial charge in [-0.3, -0.25) is 0 Å². The van der Waals surface area contributed by atoms with Gasteiger partial charge in [0.2, 0.25) is 0 Å². The van der Waals surface area contributed by atoms with E-state index in [9.17, 15) is 4.39 Å². The predicted octanol–water partition coefficient (Wildman–Crippen LogP) is 1.85. The van der Waals surface area contributed by atoms with E-state index in [1.807, 2.05) is 0 Å². The molecule has 0 aliphatic carbocycles. The zero-order valence-electron chi connectivity index (χ0n) is 4.19. The monoisotopic (exact) mass is 120 g/mol. The van der Waals surface area contributed by atoms with Crippen LogP contribution >= 0.6 is 11.8 Å². The number of hydrogen-bond acceptors (Lipinski definition) is 1. The molecule has 1 unspecified atom stereocenters. The molecule has 2 heteroatoms. The third-order valence-electron chi connectivity index (χ3n) is 1.20. The summed E-state index contributed by atoms with van der Waals surface area (Å²) in [7, 11) is 0. The van der Waals surface area contributed by atoms with Gasteiger partial charge in [-0.2, -0.15) is 11.8 Å². The van der Waals surface area contributed by atoms with Gasteiger partial charge >= 0.3 is 0 Å². The van der Waals surface area contributed by atoms with Crippen molar-refractivity contribution in [2.75, 3.05) is 12.4 Å². The van der Waals surface area contributed by atoms with E-state index in [0.29, 0.717) is 5.25 Å². The van der Waals surface area contributed by atoms with Gasteiger partial charge in [-0.05, 0) is 18.6 Å². The van der Waals surface area contributed by atoms with Crippen LogP contribution in [0.5, 0.6) is 0 Å². The molecular formula is C5H9FS. The van der Waals surface area contributed by atoms with Gasteiger partial charge in [-0.15, -0.1) is 0 Å². The van der Waals surface area contributed by atoms with Crippen molar-refractivity contribution >= 4 is 11.8 Å². The van der Waals surface area contributed by atoms with E-state index in [1.54, 1.807) is 11.8 Å². The molecule has 0 aromatic rings. The fourth-order valence-corrected chi connectivity index (χ4v) is 1.86. The van der Waals surface area contributed by atoms with Crippen molar-refractivity contribution in [2.45, 2.75) is 18.1 Å². The largest absolute Gasteiger partial charge is 0.250 e. The molecule has 0 N–H and O–H groups in total. The Bertz CT molecular complexity index is 50.0. The average Bonchev–Trinajstić information content (AvgIpc) is 2.14. The second kappa shape index (κ2) is 2.55. The van der Waals surface area contributed by atoms with Crippen LogP contribution in [-0.2, 0) is 0 Å². The maximum Gasteiger partial charge on any atom is 0.101 e. The molecule has 1 fully saturated rings. The summed E-state index contributed by atoms with van der Waals surface area (Å²) < 4.78 is 11.7. The summed E-state index contributed by atoms with van der Waals surface area (Å²) in [6.45, 7) is -0.120. The zero-order chi connectivity index (χ0) is 5.11. The molecule has 42 valence electrons. The van der Waals surface area contributed by atoms with E-state index < -0.39 is 0 Å². The van der Waals surface area contributed by atoms with Crippen molar-refractivity contribution in [1.82, 2.24) is 0 Å². The highest BCUT2D eigenvalue weighted by Gasteiger charge is 2.13. The van der Waals surface area contributed by atoms with Gasteiger partial charge in [0.25, 0.3) is 0 Å². The molecular weight excluding hydrogens is 111 g/mol. The zero-order valence-corrected chi connectivity index (χ0v) is 5.01. The van der Waals surface area contributed by atoms with Gasteiger partial charge in [0, 0.05) is 5.25 Å². The summed E-state index contributed by atoms with van der Waals surface area (Å²) >= 11 is 1.77. The Labute approximate surface area is 47.5 Å². The fraction of sp³-hybridized carbons (Fsp3) is 1.00. The van der Waals surface area contributed by atoms with Gasteiger partial charge in [-0.25, -0.2) is 4.39 Å². The second-order valence-corrected chi connectivity index (χ2v) is 3.20. The molecule has 0 aromatic carbocycles. The predicted molar refractivity (Wildman–Crippen MR) is 31.5 cm³/mol. The summed E-state index contributed by atoms with van der Waals surface area (Å²) in [5.74, 6) is 1.18. The molecule has 7 heavy (non-hydrogen) atoms. The first kappa shape index (κ1) is 5.42. The van der Waals surface area contributed by atoms with Crippen molar-refractivity contribution < 1.29 is 4.39 Å². The van der Waals surface area contributed by atoms with Gasteiger partial charge in [0.05, 0.1) is 0 Å². The van der Waals surface area contributed by atoms with Gasteiger partial charge < -0.3 is 0 Å². The second-order valence-electron chi connectivity index (χ2n) is 1.79. The summed E-state index contributed by atoms with van der Waals surface area (Å²) in [5, 5.41) is 0.347. The van der Waals surface area contributed by atoms with E-state index in [-0.39, 0.29) is 6.67 Å². The Hall–Kier alpha value is 0.280. The molecule has 1 rings (SSSR count). The summed E-state index contributed by atoms with van der Waals surface area (Å²) in [5.41, 5.74) is 0. The Balaban J connectivity index is 2.14. The first-order chi connectivity index (χ1) is 3.43. The third kappa shape index (κ3) is 1.34.